The minimum absolute atomic E-state index is 0.107. The van der Waals surface area contributed by atoms with Crippen LogP contribution in [0.25, 0.3) is 10.9 Å². The first-order valence-electron chi connectivity index (χ1n) is 10.4. The zero-order valence-corrected chi connectivity index (χ0v) is 16.8. The fraction of sp³-hybridized carbons (Fsp3) is 0.545. The van der Waals surface area contributed by atoms with Gasteiger partial charge in [-0.1, -0.05) is 6.92 Å². The number of benzene rings is 1. The third kappa shape index (κ3) is 3.65. The number of nitrogens with one attached hydrogen (secondary N) is 1. The molecule has 0 unspecified atom stereocenters. The highest BCUT2D eigenvalue weighted by Gasteiger charge is 2.27. The van der Waals surface area contributed by atoms with E-state index in [-0.39, 0.29) is 5.91 Å². The van der Waals surface area contributed by atoms with E-state index in [0.717, 1.165) is 43.4 Å². The number of hydrogen-bond donors (Lipinski definition) is 1. The Labute approximate surface area is 165 Å². The fourth-order valence-corrected chi connectivity index (χ4v) is 4.35. The molecule has 0 bridgehead atoms. The molecular formula is C22H29N3O3. The average molecular weight is 383 g/mol. The molecule has 1 aromatic heterocycles. The minimum atomic E-state index is -0.767. The summed E-state index contributed by atoms with van der Waals surface area (Å²) in [4.78, 5) is 32.9. The number of carbonyl (C=O) groups is 2. The van der Waals surface area contributed by atoms with Crippen molar-refractivity contribution in [3.8, 4) is 0 Å². The van der Waals surface area contributed by atoms with E-state index in [1.165, 1.54) is 24.1 Å². The van der Waals surface area contributed by atoms with Gasteiger partial charge in [0.1, 0.15) is 0 Å². The molecule has 1 saturated heterocycles. The Balaban J connectivity index is 1.43. The first-order valence-corrected chi connectivity index (χ1v) is 10.4. The lowest BCUT2D eigenvalue weighted by Crippen LogP contribution is -2.51. The van der Waals surface area contributed by atoms with Crippen LogP contribution in [-0.2, 0) is 22.4 Å². The second-order valence-electron chi connectivity index (χ2n) is 7.86. The van der Waals surface area contributed by atoms with Crippen LogP contribution in [0.4, 0.5) is 0 Å². The Kier molecular flexibility index (Phi) is 5.40. The van der Waals surface area contributed by atoms with Crippen molar-refractivity contribution >= 4 is 22.8 Å². The van der Waals surface area contributed by atoms with Gasteiger partial charge in [0.2, 0.25) is 0 Å². The summed E-state index contributed by atoms with van der Waals surface area (Å²) in [5, 5.41) is 1.11. The average Bonchev–Trinajstić information content (AvgIpc) is 3.11. The number of esters is 1. The van der Waals surface area contributed by atoms with Crippen LogP contribution in [0.3, 0.4) is 0 Å². The Hall–Kier alpha value is -2.34. The lowest BCUT2D eigenvalue weighted by Gasteiger charge is -2.35. The largest absolute Gasteiger partial charge is 0.449 e. The van der Waals surface area contributed by atoms with Crippen molar-refractivity contribution in [2.24, 2.45) is 0 Å². The van der Waals surface area contributed by atoms with Crippen LogP contribution < -0.4 is 0 Å². The maximum absolute atomic E-state index is 12.7. The van der Waals surface area contributed by atoms with Crippen molar-refractivity contribution < 1.29 is 14.3 Å². The summed E-state index contributed by atoms with van der Waals surface area (Å²) in [5.41, 5.74) is 4.20. The number of hydrogen-bond acceptors (Lipinski definition) is 4. The molecule has 1 atom stereocenters. The number of aromatic nitrogens is 1. The summed E-state index contributed by atoms with van der Waals surface area (Å²) in [6, 6.07) is 5.64. The second-order valence-corrected chi connectivity index (χ2v) is 7.86. The lowest BCUT2D eigenvalue weighted by atomic mass is 9.95. The maximum atomic E-state index is 12.7. The third-order valence-electron chi connectivity index (χ3n) is 6.10. The first kappa shape index (κ1) is 19.0. The van der Waals surface area contributed by atoms with E-state index >= 15 is 0 Å². The monoisotopic (exact) mass is 383 g/mol. The molecule has 0 spiro atoms. The number of piperazine rings is 1. The Bertz CT molecular complexity index is 881. The van der Waals surface area contributed by atoms with Crippen molar-refractivity contribution in [3.05, 3.63) is 35.0 Å². The molecule has 28 heavy (non-hydrogen) atoms. The van der Waals surface area contributed by atoms with E-state index in [0.29, 0.717) is 18.7 Å². The van der Waals surface area contributed by atoms with Gasteiger partial charge < -0.3 is 19.5 Å². The summed E-state index contributed by atoms with van der Waals surface area (Å²) < 4.78 is 5.52. The summed E-state index contributed by atoms with van der Waals surface area (Å²) in [7, 11) is 0. The highest BCUT2D eigenvalue weighted by atomic mass is 16.5. The van der Waals surface area contributed by atoms with Crippen LogP contribution in [0.5, 0.6) is 0 Å². The van der Waals surface area contributed by atoms with E-state index < -0.39 is 12.1 Å². The number of H-pyrrole nitrogens is 1. The molecule has 6 heteroatoms. The van der Waals surface area contributed by atoms with Gasteiger partial charge in [-0.25, -0.2) is 4.79 Å². The molecule has 0 radical (unpaired) electrons. The first-order chi connectivity index (χ1) is 13.6. The van der Waals surface area contributed by atoms with Gasteiger partial charge in [0.15, 0.2) is 6.10 Å². The predicted octanol–water partition coefficient (Wildman–Crippen LogP) is 2.76. The summed E-state index contributed by atoms with van der Waals surface area (Å²) in [6.45, 7) is 7.92. The van der Waals surface area contributed by atoms with Crippen molar-refractivity contribution in [3.63, 3.8) is 0 Å². The highest BCUT2D eigenvalue weighted by molar-refractivity contribution is 5.97. The predicted molar refractivity (Wildman–Crippen MR) is 109 cm³/mol. The number of carbonyl (C=O) groups excluding carboxylic acids is 2. The lowest BCUT2D eigenvalue weighted by molar-refractivity contribution is -0.141. The zero-order valence-electron chi connectivity index (χ0n) is 16.8. The van der Waals surface area contributed by atoms with Crippen LogP contribution >= 0.6 is 0 Å². The Morgan fingerprint density at radius 3 is 2.64 bits per heavy atom. The SMILES string of the molecule is CCN1CCN(C(=O)[C@H](C)OC(=O)c2ccc3[nH]c4c(c3c2)CCCC4)CC1. The molecule has 2 aromatic rings. The number of rotatable bonds is 4. The molecule has 2 aliphatic rings. The van der Waals surface area contributed by atoms with Gasteiger partial charge in [-0.15, -0.1) is 0 Å². The summed E-state index contributed by atoms with van der Waals surface area (Å²) >= 11 is 0. The van der Waals surface area contributed by atoms with Gasteiger partial charge in [0.25, 0.3) is 5.91 Å². The normalized spacial score (nSPS) is 18.7. The van der Waals surface area contributed by atoms with Gasteiger partial charge >= 0.3 is 5.97 Å². The van der Waals surface area contributed by atoms with Gasteiger partial charge in [-0.3, -0.25) is 4.79 Å². The molecule has 0 saturated carbocycles. The zero-order chi connectivity index (χ0) is 19.7. The van der Waals surface area contributed by atoms with Gasteiger partial charge in [0, 0.05) is 42.8 Å². The van der Waals surface area contributed by atoms with E-state index in [2.05, 4.69) is 16.8 Å². The molecule has 1 amide bonds. The van der Waals surface area contributed by atoms with Crippen LogP contribution in [0.2, 0.25) is 0 Å². The molecule has 1 aliphatic heterocycles. The quantitative estimate of drug-likeness (QED) is 0.825. The number of aromatic amines is 1. The topological polar surface area (TPSA) is 65.6 Å². The fourth-order valence-electron chi connectivity index (χ4n) is 4.35. The van der Waals surface area contributed by atoms with Crippen molar-refractivity contribution in [2.45, 2.75) is 45.6 Å². The number of aryl methyl sites for hydroxylation is 2. The van der Waals surface area contributed by atoms with Gasteiger partial charge in [0.05, 0.1) is 5.56 Å². The molecule has 1 N–H and O–H groups in total. The number of ether oxygens (including phenoxy) is 1. The molecule has 1 aliphatic carbocycles. The maximum Gasteiger partial charge on any atom is 0.338 e. The van der Waals surface area contributed by atoms with Crippen molar-refractivity contribution in [1.82, 2.24) is 14.8 Å². The summed E-state index contributed by atoms with van der Waals surface area (Å²) in [5.74, 6) is -0.537. The molecule has 1 aromatic carbocycles. The van der Waals surface area contributed by atoms with Crippen LogP contribution in [0.1, 0.15) is 48.3 Å². The second kappa shape index (κ2) is 7.95. The van der Waals surface area contributed by atoms with Crippen LogP contribution in [-0.4, -0.2) is 65.5 Å². The number of nitrogens with zero attached hydrogens (tertiary/aromatic N) is 2. The summed E-state index contributed by atoms with van der Waals surface area (Å²) in [6.07, 6.45) is 3.75. The molecular weight excluding hydrogens is 354 g/mol. The molecule has 2 heterocycles. The highest BCUT2D eigenvalue weighted by Crippen LogP contribution is 2.30. The van der Waals surface area contributed by atoms with Crippen LogP contribution in [0.15, 0.2) is 18.2 Å². The van der Waals surface area contributed by atoms with E-state index in [4.69, 9.17) is 4.74 Å². The number of fused-ring (bicyclic) bond motifs is 3. The number of likely N-dealkylation sites (N-methyl/N-ethyl adjacent to an activating group) is 1. The van der Waals surface area contributed by atoms with Crippen LogP contribution in [0, 0.1) is 0 Å². The smallest absolute Gasteiger partial charge is 0.338 e. The minimum Gasteiger partial charge on any atom is -0.449 e. The molecule has 6 nitrogen and oxygen atoms in total. The van der Waals surface area contributed by atoms with Crippen molar-refractivity contribution in [2.75, 3.05) is 32.7 Å². The molecule has 150 valence electrons. The third-order valence-corrected chi connectivity index (χ3v) is 6.10. The van der Waals surface area contributed by atoms with E-state index in [1.54, 1.807) is 17.9 Å². The van der Waals surface area contributed by atoms with Gasteiger partial charge in [-0.05, 0) is 62.9 Å². The van der Waals surface area contributed by atoms with E-state index in [9.17, 15) is 9.59 Å². The van der Waals surface area contributed by atoms with Crippen molar-refractivity contribution in [1.29, 1.82) is 0 Å². The Morgan fingerprint density at radius 2 is 1.89 bits per heavy atom. The number of amides is 1. The molecule has 4 rings (SSSR count). The standard InChI is InChI=1S/C22H29N3O3/c1-3-24-10-12-25(13-11-24)21(26)15(2)28-22(27)16-8-9-20-18(14-16)17-6-4-5-7-19(17)23-20/h8-9,14-15,23H,3-7,10-13H2,1-2H3/t15-/m0/s1. The molecule has 1 fully saturated rings. The van der Waals surface area contributed by atoms with E-state index in [1.807, 2.05) is 12.1 Å². The van der Waals surface area contributed by atoms with Gasteiger partial charge in [-0.2, -0.15) is 0 Å². The Morgan fingerprint density at radius 1 is 1.14 bits per heavy atom.